The fourth-order valence-corrected chi connectivity index (χ4v) is 4.15. The van der Waals surface area contributed by atoms with Gasteiger partial charge in [-0.3, -0.25) is 9.59 Å². The zero-order valence-corrected chi connectivity index (χ0v) is 20.1. The maximum Gasteiger partial charge on any atom is 0.306 e. The van der Waals surface area contributed by atoms with E-state index >= 15 is 0 Å². The van der Waals surface area contributed by atoms with Gasteiger partial charge in [0.25, 0.3) is 0 Å². The molecule has 0 aliphatic rings. The summed E-state index contributed by atoms with van der Waals surface area (Å²) in [7, 11) is 1.53. The molecule has 33 heavy (non-hydrogen) atoms. The smallest absolute Gasteiger partial charge is 0.306 e. The highest BCUT2D eigenvalue weighted by Crippen LogP contribution is 2.40. The third-order valence-corrected chi connectivity index (χ3v) is 6.10. The Morgan fingerprint density at radius 3 is 2.70 bits per heavy atom. The largest absolute Gasteiger partial charge is 0.496 e. The van der Waals surface area contributed by atoms with Crippen LogP contribution in [0.3, 0.4) is 0 Å². The first-order valence-corrected chi connectivity index (χ1v) is 11.3. The summed E-state index contributed by atoms with van der Waals surface area (Å²) in [6, 6.07) is 7.13. The van der Waals surface area contributed by atoms with Gasteiger partial charge in [-0.1, -0.05) is 30.0 Å². The zero-order chi connectivity index (χ0) is 24.4. The van der Waals surface area contributed by atoms with Crippen LogP contribution in [0.5, 0.6) is 5.75 Å². The number of aliphatic hydroxyl groups is 1. The quantitative estimate of drug-likeness (QED) is 0.270. The highest BCUT2D eigenvalue weighted by molar-refractivity contribution is 8.03. The predicted octanol–water partition coefficient (Wildman–Crippen LogP) is 3.33. The Balaban J connectivity index is 2.35. The van der Waals surface area contributed by atoms with Crippen LogP contribution in [0.2, 0.25) is 0 Å². The zero-order valence-electron chi connectivity index (χ0n) is 19.3. The standard InChI is InChI=1S/C23H30N4O5S/c1-5-32-21(29)11-10-20(33-23(30)18-8-6-7-9-19(18)31-4)15(2)27(14-28)13-17-12-25-16(3)26-22(17)24/h6-9,12,14,23,30H,5,10-11,13H2,1-4H3,(H2,24,25,26)/b20-15-. The third kappa shape index (κ3) is 7.47. The van der Waals surface area contributed by atoms with Gasteiger partial charge in [-0.15, -0.1) is 0 Å². The molecule has 1 aromatic carbocycles. The molecule has 0 aliphatic heterocycles. The molecule has 178 valence electrons. The first kappa shape index (κ1) is 26.1. The molecule has 0 fully saturated rings. The lowest BCUT2D eigenvalue weighted by Crippen LogP contribution is -2.22. The van der Waals surface area contributed by atoms with Crippen molar-refractivity contribution in [3.05, 3.63) is 58.0 Å². The molecule has 3 N–H and O–H groups in total. The number of amides is 1. The minimum Gasteiger partial charge on any atom is -0.496 e. The number of nitrogens with zero attached hydrogens (tertiary/aromatic N) is 3. The molecular formula is C23H30N4O5S. The third-order valence-electron chi connectivity index (χ3n) is 4.84. The number of aromatic nitrogens is 2. The van der Waals surface area contributed by atoms with Gasteiger partial charge in [0.15, 0.2) is 0 Å². The van der Waals surface area contributed by atoms with Gasteiger partial charge in [-0.2, -0.15) is 0 Å². The second-order valence-electron chi connectivity index (χ2n) is 7.09. The van der Waals surface area contributed by atoms with Gasteiger partial charge >= 0.3 is 5.97 Å². The van der Waals surface area contributed by atoms with Gasteiger partial charge in [0.1, 0.15) is 22.8 Å². The van der Waals surface area contributed by atoms with Crippen LogP contribution in [0.1, 0.15) is 49.1 Å². The number of aryl methyl sites for hydroxylation is 1. The van der Waals surface area contributed by atoms with Crippen molar-refractivity contribution in [2.45, 2.75) is 45.6 Å². The number of para-hydroxylation sites is 1. The van der Waals surface area contributed by atoms with E-state index < -0.39 is 5.44 Å². The minimum atomic E-state index is -0.977. The number of methoxy groups -OCH3 is 1. The molecule has 0 saturated carbocycles. The molecular weight excluding hydrogens is 444 g/mol. The molecule has 1 unspecified atom stereocenters. The van der Waals surface area contributed by atoms with E-state index in [1.54, 1.807) is 45.2 Å². The summed E-state index contributed by atoms with van der Waals surface area (Å²) in [5.41, 5.74) is 6.76. The van der Waals surface area contributed by atoms with Crippen LogP contribution in [0.15, 0.2) is 41.1 Å². The summed E-state index contributed by atoms with van der Waals surface area (Å²) in [6.45, 7) is 5.65. The maximum atomic E-state index is 12.0. The van der Waals surface area contributed by atoms with Gasteiger partial charge in [0.2, 0.25) is 6.41 Å². The number of benzene rings is 1. The summed E-state index contributed by atoms with van der Waals surface area (Å²) in [6.07, 6.45) is 2.64. The number of nitrogen functional groups attached to an aromatic ring is 1. The predicted molar refractivity (Wildman–Crippen MR) is 127 cm³/mol. The first-order valence-electron chi connectivity index (χ1n) is 10.4. The van der Waals surface area contributed by atoms with Gasteiger partial charge in [0.05, 0.1) is 26.7 Å². The number of rotatable bonds is 12. The van der Waals surface area contributed by atoms with Gasteiger partial charge in [-0.05, 0) is 33.3 Å². The van der Waals surface area contributed by atoms with E-state index in [-0.39, 0.29) is 37.8 Å². The Kier molecular flexibility index (Phi) is 10.1. The Morgan fingerprint density at radius 1 is 1.33 bits per heavy atom. The van der Waals surface area contributed by atoms with Crippen LogP contribution >= 0.6 is 11.8 Å². The van der Waals surface area contributed by atoms with E-state index in [2.05, 4.69) is 9.97 Å². The maximum absolute atomic E-state index is 12.0. The molecule has 9 nitrogen and oxygen atoms in total. The second-order valence-corrected chi connectivity index (χ2v) is 8.26. The summed E-state index contributed by atoms with van der Waals surface area (Å²) in [5, 5.41) is 10.9. The summed E-state index contributed by atoms with van der Waals surface area (Å²) in [4.78, 5) is 34.3. The van der Waals surface area contributed by atoms with Crippen molar-refractivity contribution in [3.63, 3.8) is 0 Å². The highest BCUT2D eigenvalue weighted by Gasteiger charge is 2.21. The highest BCUT2D eigenvalue weighted by atomic mass is 32.2. The van der Waals surface area contributed by atoms with Gasteiger partial charge < -0.3 is 25.2 Å². The molecule has 1 atom stereocenters. The second kappa shape index (κ2) is 12.8. The topological polar surface area (TPSA) is 128 Å². The number of hydrogen-bond donors (Lipinski definition) is 2. The molecule has 0 radical (unpaired) electrons. The van der Waals surface area contributed by atoms with Crippen molar-refractivity contribution in [1.82, 2.24) is 14.9 Å². The molecule has 2 rings (SSSR count). The van der Waals surface area contributed by atoms with E-state index in [1.165, 1.54) is 12.0 Å². The molecule has 0 bridgehead atoms. The number of hydrogen-bond acceptors (Lipinski definition) is 9. The van der Waals surface area contributed by atoms with Crippen LogP contribution in [0.4, 0.5) is 5.82 Å². The van der Waals surface area contributed by atoms with E-state index in [0.29, 0.717) is 39.7 Å². The number of anilines is 1. The van der Waals surface area contributed by atoms with Gasteiger partial charge in [-0.25, -0.2) is 9.97 Å². The first-order chi connectivity index (χ1) is 15.8. The summed E-state index contributed by atoms with van der Waals surface area (Å²) < 4.78 is 10.4. The molecule has 1 heterocycles. The number of aliphatic hydroxyl groups excluding tert-OH is 1. The lowest BCUT2D eigenvalue weighted by atomic mass is 10.2. The number of thioether (sulfide) groups is 1. The van der Waals surface area contributed by atoms with Crippen molar-refractivity contribution >= 4 is 30.0 Å². The number of allylic oxidation sites excluding steroid dienone is 2. The fraction of sp³-hybridized carbons (Fsp3) is 0.391. The average molecular weight is 475 g/mol. The summed E-state index contributed by atoms with van der Waals surface area (Å²) >= 11 is 1.14. The van der Waals surface area contributed by atoms with Crippen LogP contribution < -0.4 is 10.5 Å². The minimum absolute atomic E-state index is 0.106. The van der Waals surface area contributed by atoms with E-state index in [4.69, 9.17) is 15.2 Å². The van der Waals surface area contributed by atoms with Crippen molar-refractivity contribution in [3.8, 4) is 5.75 Å². The SMILES string of the molecule is CCOC(=O)CC/C(SC(O)c1ccccc1OC)=C(\C)N(C=O)Cc1cnc(C)nc1N. The lowest BCUT2D eigenvalue weighted by Gasteiger charge is -2.24. The average Bonchev–Trinajstić information content (AvgIpc) is 2.80. The summed E-state index contributed by atoms with van der Waals surface area (Å²) in [5.74, 6) is 1.00. The molecule has 1 aromatic heterocycles. The lowest BCUT2D eigenvalue weighted by molar-refractivity contribution is -0.143. The van der Waals surface area contributed by atoms with Crippen LogP contribution in [0.25, 0.3) is 0 Å². The molecule has 2 aromatic rings. The van der Waals surface area contributed by atoms with E-state index in [0.717, 1.165) is 11.8 Å². The number of esters is 1. The van der Waals surface area contributed by atoms with Crippen molar-refractivity contribution < 1.29 is 24.2 Å². The molecule has 0 saturated heterocycles. The number of nitrogens with two attached hydrogens (primary N) is 1. The Labute approximate surface area is 198 Å². The van der Waals surface area contributed by atoms with Crippen LogP contribution in [-0.2, 0) is 20.9 Å². The normalized spacial score (nSPS) is 12.5. The van der Waals surface area contributed by atoms with Crippen molar-refractivity contribution in [1.29, 1.82) is 0 Å². The van der Waals surface area contributed by atoms with Crippen molar-refractivity contribution in [2.75, 3.05) is 19.5 Å². The number of carbonyl (C=O) groups is 2. The fourth-order valence-electron chi connectivity index (χ4n) is 3.06. The van der Waals surface area contributed by atoms with Crippen molar-refractivity contribution in [2.24, 2.45) is 0 Å². The number of ether oxygens (including phenoxy) is 2. The monoisotopic (exact) mass is 474 g/mol. The Bertz CT molecular complexity index is 999. The molecule has 10 heteroatoms. The number of carbonyl (C=O) groups excluding carboxylic acids is 2. The Hall–Kier alpha value is -3.11. The molecule has 0 spiro atoms. The Morgan fingerprint density at radius 2 is 2.06 bits per heavy atom. The molecule has 0 aliphatic carbocycles. The van der Waals surface area contributed by atoms with Crippen LogP contribution in [-0.4, -0.2) is 46.1 Å². The molecule has 1 amide bonds. The van der Waals surface area contributed by atoms with Gasteiger partial charge in [0, 0.05) is 27.9 Å². The van der Waals surface area contributed by atoms with E-state index in [1.807, 2.05) is 6.07 Å². The van der Waals surface area contributed by atoms with E-state index in [9.17, 15) is 14.7 Å². The van der Waals surface area contributed by atoms with Crippen LogP contribution in [0, 0.1) is 6.92 Å².